The van der Waals surface area contributed by atoms with Crippen molar-refractivity contribution in [3.05, 3.63) is 0 Å². The summed E-state index contributed by atoms with van der Waals surface area (Å²) in [7, 11) is -3.08. The van der Waals surface area contributed by atoms with Gasteiger partial charge in [-0.1, -0.05) is 6.92 Å². The summed E-state index contributed by atoms with van der Waals surface area (Å²) in [6.07, 6.45) is 2.62. The maximum atomic E-state index is 11.8. The first-order chi connectivity index (χ1) is 6.87. The number of aliphatic hydroxyl groups is 1. The molecule has 0 spiro atoms. The first-order valence-electron chi connectivity index (χ1n) is 5.57. The molecule has 1 atom stereocenters. The first-order valence-corrected chi connectivity index (χ1v) is 7.18. The van der Waals surface area contributed by atoms with Crippen LogP contribution in [0, 0.1) is 0 Å². The van der Waals surface area contributed by atoms with Gasteiger partial charge in [0.25, 0.3) is 0 Å². The van der Waals surface area contributed by atoms with Gasteiger partial charge in [-0.3, -0.25) is 0 Å². The summed E-state index contributed by atoms with van der Waals surface area (Å²) in [6, 6.07) is 0. The Kier molecular flexibility index (Phi) is 4.14. The van der Waals surface area contributed by atoms with Gasteiger partial charge in [0, 0.05) is 13.1 Å². The fraction of sp³-hybridized carbons (Fsp3) is 1.00. The van der Waals surface area contributed by atoms with Crippen LogP contribution in [0.4, 0.5) is 0 Å². The van der Waals surface area contributed by atoms with Crippen molar-refractivity contribution in [1.29, 1.82) is 0 Å². The Morgan fingerprint density at radius 2 is 2.00 bits per heavy atom. The van der Waals surface area contributed by atoms with Crippen LogP contribution in [0.5, 0.6) is 0 Å². The van der Waals surface area contributed by atoms with Crippen LogP contribution >= 0.6 is 0 Å². The van der Waals surface area contributed by atoms with Crippen LogP contribution in [-0.2, 0) is 10.0 Å². The van der Waals surface area contributed by atoms with E-state index in [0.29, 0.717) is 32.4 Å². The van der Waals surface area contributed by atoms with Gasteiger partial charge in [0.2, 0.25) is 10.0 Å². The number of hydrogen-bond donors (Lipinski definition) is 1. The summed E-state index contributed by atoms with van der Waals surface area (Å²) in [5.74, 6) is 0.217. The van der Waals surface area contributed by atoms with Gasteiger partial charge in [0.1, 0.15) is 0 Å². The van der Waals surface area contributed by atoms with E-state index >= 15 is 0 Å². The van der Waals surface area contributed by atoms with E-state index in [4.69, 9.17) is 0 Å². The van der Waals surface area contributed by atoms with Gasteiger partial charge in [0.05, 0.1) is 11.4 Å². The normalized spacial score (nSPS) is 30.1. The summed E-state index contributed by atoms with van der Waals surface area (Å²) in [4.78, 5) is 0. The van der Waals surface area contributed by atoms with Crippen LogP contribution in [0.2, 0.25) is 0 Å². The van der Waals surface area contributed by atoms with Crippen molar-refractivity contribution >= 4 is 10.0 Å². The molecule has 1 rings (SSSR count). The number of hydrogen-bond acceptors (Lipinski definition) is 3. The van der Waals surface area contributed by atoms with E-state index in [1.54, 1.807) is 6.92 Å². The highest BCUT2D eigenvalue weighted by Gasteiger charge is 2.29. The molecule has 1 heterocycles. The Bertz CT molecular complexity index is 298. The molecule has 1 aliphatic heterocycles. The molecule has 4 nitrogen and oxygen atoms in total. The predicted molar refractivity (Wildman–Crippen MR) is 60.1 cm³/mol. The first kappa shape index (κ1) is 12.9. The summed E-state index contributed by atoms with van der Waals surface area (Å²) in [5, 5.41) is 9.85. The van der Waals surface area contributed by atoms with Gasteiger partial charge in [-0.15, -0.1) is 0 Å². The second-order valence-corrected chi connectivity index (χ2v) is 6.65. The van der Waals surface area contributed by atoms with E-state index in [-0.39, 0.29) is 5.75 Å². The fourth-order valence-corrected chi connectivity index (χ4v) is 3.45. The number of rotatable bonds is 3. The molecule has 5 heteroatoms. The van der Waals surface area contributed by atoms with E-state index in [9.17, 15) is 13.5 Å². The van der Waals surface area contributed by atoms with Crippen molar-refractivity contribution in [1.82, 2.24) is 4.31 Å². The monoisotopic (exact) mass is 235 g/mol. The predicted octanol–water partition coefficient (Wildman–Crippen LogP) is 0.963. The highest BCUT2D eigenvalue weighted by Crippen LogP contribution is 2.23. The third-order valence-corrected chi connectivity index (χ3v) is 4.95. The maximum absolute atomic E-state index is 11.8. The lowest BCUT2D eigenvalue weighted by molar-refractivity contribution is 0.0465. The van der Waals surface area contributed by atoms with Gasteiger partial charge < -0.3 is 5.11 Å². The molecule has 1 N–H and O–H groups in total. The average Bonchev–Trinajstić information content (AvgIpc) is 2.26. The number of sulfonamides is 1. The van der Waals surface area contributed by atoms with Crippen LogP contribution in [0.25, 0.3) is 0 Å². The smallest absolute Gasteiger partial charge is 0.214 e. The van der Waals surface area contributed by atoms with Gasteiger partial charge in [0.15, 0.2) is 0 Å². The molecule has 1 fully saturated rings. The van der Waals surface area contributed by atoms with Crippen LogP contribution in [-0.4, -0.2) is 42.3 Å². The van der Waals surface area contributed by atoms with Crippen LogP contribution < -0.4 is 0 Å². The molecule has 1 aliphatic rings. The molecule has 1 saturated heterocycles. The van der Waals surface area contributed by atoms with Crippen molar-refractivity contribution in [2.45, 2.75) is 45.1 Å². The zero-order valence-corrected chi connectivity index (χ0v) is 10.4. The van der Waals surface area contributed by atoms with Gasteiger partial charge in [-0.25, -0.2) is 12.7 Å². The Morgan fingerprint density at radius 3 is 2.60 bits per heavy atom. The topological polar surface area (TPSA) is 57.6 Å². The highest BCUT2D eigenvalue weighted by molar-refractivity contribution is 7.89. The second-order valence-electron chi connectivity index (χ2n) is 4.57. The van der Waals surface area contributed by atoms with E-state index in [1.165, 1.54) is 4.31 Å². The molecule has 0 aromatic heterocycles. The average molecular weight is 235 g/mol. The zero-order chi connectivity index (χ0) is 11.5. The Hall–Kier alpha value is -0.130. The molecule has 0 saturated carbocycles. The highest BCUT2D eigenvalue weighted by atomic mass is 32.2. The van der Waals surface area contributed by atoms with Crippen LogP contribution in [0.15, 0.2) is 0 Å². The van der Waals surface area contributed by atoms with Gasteiger partial charge in [-0.2, -0.15) is 0 Å². The zero-order valence-electron chi connectivity index (χ0n) is 9.57. The molecule has 0 amide bonds. The van der Waals surface area contributed by atoms with Crippen molar-refractivity contribution in [2.24, 2.45) is 0 Å². The molecule has 0 aromatic carbocycles. The molecule has 90 valence electrons. The minimum absolute atomic E-state index is 0.217. The fourth-order valence-electron chi connectivity index (χ4n) is 1.90. The van der Waals surface area contributed by atoms with E-state index < -0.39 is 15.6 Å². The summed E-state index contributed by atoms with van der Waals surface area (Å²) in [5.41, 5.74) is -0.698. The molecule has 0 aromatic rings. The van der Waals surface area contributed by atoms with Gasteiger partial charge >= 0.3 is 0 Å². The molecule has 0 radical (unpaired) electrons. The van der Waals surface area contributed by atoms with Crippen molar-refractivity contribution in [3.63, 3.8) is 0 Å². The molecule has 1 unspecified atom stereocenters. The summed E-state index contributed by atoms with van der Waals surface area (Å²) >= 11 is 0. The largest absolute Gasteiger partial charge is 0.390 e. The summed E-state index contributed by atoms with van der Waals surface area (Å²) < 4.78 is 25.1. The number of nitrogens with zero attached hydrogens (tertiary/aromatic N) is 1. The van der Waals surface area contributed by atoms with Crippen molar-refractivity contribution in [2.75, 3.05) is 18.8 Å². The van der Waals surface area contributed by atoms with E-state index in [1.807, 2.05) is 6.92 Å². The van der Waals surface area contributed by atoms with Crippen LogP contribution in [0.1, 0.15) is 39.5 Å². The minimum atomic E-state index is -3.08. The molecular weight excluding hydrogens is 214 g/mol. The molecule has 15 heavy (non-hydrogen) atoms. The van der Waals surface area contributed by atoms with Crippen molar-refractivity contribution < 1.29 is 13.5 Å². The molecular formula is C10H21NO3S. The third-order valence-electron chi connectivity index (χ3n) is 2.88. The third kappa shape index (κ3) is 3.74. The Balaban J connectivity index is 2.66. The quantitative estimate of drug-likeness (QED) is 0.793. The van der Waals surface area contributed by atoms with Crippen molar-refractivity contribution in [3.8, 4) is 0 Å². The van der Waals surface area contributed by atoms with E-state index in [0.717, 1.165) is 6.42 Å². The van der Waals surface area contributed by atoms with E-state index in [2.05, 4.69) is 0 Å². The minimum Gasteiger partial charge on any atom is -0.390 e. The molecule has 0 bridgehead atoms. The lowest BCUT2D eigenvalue weighted by Gasteiger charge is -2.22. The summed E-state index contributed by atoms with van der Waals surface area (Å²) in [6.45, 7) is 4.66. The molecule has 0 aliphatic carbocycles. The second kappa shape index (κ2) is 4.80. The Labute approximate surface area is 92.3 Å². The Morgan fingerprint density at radius 1 is 1.33 bits per heavy atom. The standard InChI is InChI=1S/C10H21NO3S/c1-3-9-15(13,14)11-7-4-5-10(2,12)6-8-11/h12H,3-9H2,1-2H3. The lowest BCUT2D eigenvalue weighted by Crippen LogP contribution is -2.35. The SMILES string of the molecule is CCCS(=O)(=O)N1CCCC(C)(O)CC1. The maximum Gasteiger partial charge on any atom is 0.214 e. The lowest BCUT2D eigenvalue weighted by atomic mass is 9.98. The van der Waals surface area contributed by atoms with Gasteiger partial charge in [-0.05, 0) is 32.6 Å². The van der Waals surface area contributed by atoms with Crippen LogP contribution in [0.3, 0.4) is 0 Å².